The van der Waals surface area contributed by atoms with Crippen LogP contribution in [0.5, 0.6) is 0 Å². The van der Waals surface area contributed by atoms with Crippen molar-refractivity contribution in [3.05, 3.63) is 66.4 Å². The van der Waals surface area contributed by atoms with Crippen LogP contribution in [0.3, 0.4) is 0 Å². The van der Waals surface area contributed by atoms with E-state index in [4.69, 9.17) is 0 Å². The molecule has 7 heteroatoms. The normalized spacial score (nSPS) is 11.2. The van der Waals surface area contributed by atoms with Crippen LogP contribution in [0, 0.1) is 11.6 Å². The third-order valence-corrected chi connectivity index (χ3v) is 3.53. The number of halogens is 2. The standard InChI is InChI=1S/C16H11F2N5/c17-11-4-1-3-10(14(11)18)16-20-7-8-23(16)9-13-21-12-5-2-6-19-15(12)22-13/h1-8H,9H2,(H,19,21,22). The largest absolute Gasteiger partial charge is 0.325 e. The number of H-pyrrole nitrogens is 1. The molecule has 1 aromatic carbocycles. The molecule has 0 atom stereocenters. The lowest BCUT2D eigenvalue weighted by Crippen LogP contribution is -2.04. The second-order valence-corrected chi connectivity index (χ2v) is 5.03. The van der Waals surface area contributed by atoms with Gasteiger partial charge in [-0.25, -0.2) is 23.7 Å². The van der Waals surface area contributed by atoms with E-state index in [1.165, 1.54) is 12.1 Å². The van der Waals surface area contributed by atoms with Gasteiger partial charge in [-0.2, -0.15) is 0 Å². The predicted molar refractivity (Wildman–Crippen MR) is 80.6 cm³/mol. The fourth-order valence-corrected chi connectivity index (χ4v) is 2.49. The number of nitrogens with one attached hydrogen (secondary N) is 1. The lowest BCUT2D eigenvalue weighted by Gasteiger charge is -2.07. The predicted octanol–water partition coefficient (Wildman–Crippen LogP) is 3.15. The van der Waals surface area contributed by atoms with Crippen molar-refractivity contribution in [3.8, 4) is 11.4 Å². The van der Waals surface area contributed by atoms with Gasteiger partial charge in [-0.3, -0.25) is 0 Å². The molecule has 0 unspecified atom stereocenters. The fourth-order valence-electron chi connectivity index (χ4n) is 2.49. The zero-order valence-electron chi connectivity index (χ0n) is 11.9. The first kappa shape index (κ1) is 13.6. The first-order chi connectivity index (χ1) is 11.2. The minimum Gasteiger partial charge on any atom is -0.325 e. The summed E-state index contributed by atoms with van der Waals surface area (Å²) in [6.07, 6.45) is 4.91. The van der Waals surface area contributed by atoms with E-state index >= 15 is 0 Å². The Bertz CT molecular complexity index is 956. The van der Waals surface area contributed by atoms with E-state index in [1.54, 1.807) is 29.2 Å². The highest BCUT2D eigenvalue weighted by Gasteiger charge is 2.15. The first-order valence-electron chi connectivity index (χ1n) is 6.97. The van der Waals surface area contributed by atoms with Gasteiger partial charge >= 0.3 is 0 Å². The van der Waals surface area contributed by atoms with Crippen LogP contribution in [0.2, 0.25) is 0 Å². The van der Waals surface area contributed by atoms with Crippen LogP contribution in [-0.2, 0) is 6.54 Å². The second kappa shape index (κ2) is 5.28. The minimum atomic E-state index is -0.911. The van der Waals surface area contributed by atoms with Crippen LogP contribution in [0.25, 0.3) is 22.6 Å². The van der Waals surface area contributed by atoms with E-state index in [9.17, 15) is 8.78 Å². The molecule has 114 valence electrons. The molecule has 0 aliphatic rings. The highest BCUT2D eigenvalue weighted by Crippen LogP contribution is 2.23. The maximum Gasteiger partial charge on any atom is 0.169 e. The van der Waals surface area contributed by atoms with Crippen LogP contribution in [0.15, 0.2) is 48.9 Å². The number of imidazole rings is 2. The molecule has 0 saturated heterocycles. The van der Waals surface area contributed by atoms with E-state index in [0.29, 0.717) is 23.8 Å². The van der Waals surface area contributed by atoms with E-state index in [-0.39, 0.29) is 5.56 Å². The Morgan fingerprint density at radius 3 is 2.83 bits per heavy atom. The Morgan fingerprint density at radius 1 is 1.04 bits per heavy atom. The number of fused-ring (bicyclic) bond motifs is 1. The summed E-state index contributed by atoms with van der Waals surface area (Å²) in [6.45, 7) is 0.349. The van der Waals surface area contributed by atoms with Gasteiger partial charge in [0.05, 0.1) is 12.1 Å². The molecule has 4 rings (SSSR count). The van der Waals surface area contributed by atoms with Gasteiger partial charge < -0.3 is 9.55 Å². The molecule has 0 saturated carbocycles. The molecule has 0 aliphatic carbocycles. The third kappa shape index (κ3) is 2.36. The first-order valence-corrected chi connectivity index (χ1v) is 6.97. The summed E-state index contributed by atoms with van der Waals surface area (Å²) in [5.41, 5.74) is 1.55. The molecular weight excluding hydrogens is 300 g/mol. The summed E-state index contributed by atoms with van der Waals surface area (Å²) < 4.78 is 29.1. The van der Waals surface area contributed by atoms with Gasteiger partial charge in [0.25, 0.3) is 0 Å². The molecular formula is C16H11F2N5. The molecule has 1 N–H and O–H groups in total. The van der Waals surface area contributed by atoms with E-state index in [2.05, 4.69) is 19.9 Å². The molecule has 0 aliphatic heterocycles. The van der Waals surface area contributed by atoms with Gasteiger partial charge in [-0.15, -0.1) is 0 Å². The quantitative estimate of drug-likeness (QED) is 0.632. The monoisotopic (exact) mass is 311 g/mol. The summed E-state index contributed by atoms with van der Waals surface area (Å²) >= 11 is 0. The zero-order chi connectivity index (χ0) is 15.8. The molecule has 5 nitrogen and oxygen atoms in total. The maximum atomic E-state index is 14.0. The molecule has 0 fully saturated rings. The molecule has 3 aromatic heterocycles. The van der Waals surface area contributed by atoms with Crippen molar-refractivity contribution >= 4 is 11.2 Å². The zero-order valence-corrected chi connectivity index (χ0v) is 11.9. The van der Waals surface area contributed by atoms with E-state index < -0.39 is 11.6 Å². The van der Waals surface area contributed by atoms with Crippen molar-refractivity contribution in [2.75, 3.05) is 0 Å². The summed E-state index contributed by atoms with van der Waals surface area (Å²) in [6, 6.07) is 7.69. The molecule has 3 heterocycles. The topological polar surface area (TPSA) is 59.4 Å². The lowest BCUT2D eigenvalue weighted by molar-refractivity contribution is 0.510. The number of aromatic nitrogens is 5. The van der Waals surface area contributed by atoms with Crippen LogP contribution >= 0.6 is 0 Å². The highest BCUT2D eigenvalue weighted by atomic mass is 19.2. The SMILES string of the molecule is Fc1cccc(-c2nccn2Cc2nc3cccnc3[nH]2)c1F. The van der Waals surface area contributed by atoms with Crippen molar-refractivity contribution in [1.29, 1.82) is 0 Å². The molecule has 0 radical (unpaired) electrons. The lowest BCUT2D eigenvalue weighted by atomic mass is 10.2. The van der Waals surface area contributed by atoms with Gasteiger partial charge in [-0.1, -0.05) is 6.07 Å². The van der Waals surface area contributed by atoms with Crippen molar-refractivity contribution < 1.29 is 8.78 Å². The minimum absolute atomic E-state index is 0.115. The number of aromatic amines is 1. The van der Waals surface area contributed by atoms with Gasteiger partial charge in [0.1, 0.15) is 17.2 Å². The van der Waals surface area contributed by atoms with Crippen LogP contribution in [-0.4, -0.2) is 24.5 Å². The Labute approximate surface area is 129 Å². The maximum absolute atomic E-state index is 14.0. The van der Waals surface area contributed by atoms with Crippen molar-refractivity contribution in [2.24, 2.45) is 0 Å². The smallest absolute Gasteiger partial charge is 0.169 e. The van der Waals surface area contributed by atoms with Crippen molar-refractivity contribution in [2.45, 2.75) is 6.54 Å². The number of hydrogen-bond donors (Lipinski definition) is 1. The van der Waals surface area contributed by atoms with Crippen molar-refractivity contribution in [3.63, 3.8) is 0 Å². The second-order valence-electron chi connectivity index (χ2n) is 5.03. The Morgan fingerprint density at radius 2 is 1.96 bits per heavy atom. The molecule has 4 aromatic rings. The average Bonchev–Trinajstić information content (AvgIpc) is 3.16. The number of nitrogens with zero attached hydrogens (tertiary/aromatic N) is 4. The Hall–Kier alpha value is -3.09. The Balaban J connectivity index is 1.73. The summed E-state index contributed by atoms with van der Waals surface area (Å²) in [4.78, 5) is 15.9. The Kier molecular flexibility index (Phi) is 3.11. The summed E-state index contributed by atoms with van der Waals surface area (Å²) in [5, 5.41) is 0. The number of rotatable bonds is 3. The van der Waals surface area contributed by atoms with Crippen LogP contribution in [0.4, 0.5) is 8.78 Å². The van der Waals surface area contributed by atoms with Gasteiger partial charge in [-0.05, 0) is 24.3 Å². The summed E-state index contributed by atoms with van der Waals surface area (Å²) in [5.74, 6) is -0.804. The van der Waals surface area contributed by atoms with Crippen LogP contribution < -0.4 is 0 Å². The van der Waals surface area contributed by atoms with Gasteiger partial charge in [0.15, 0.2) is 17.3 Å². The van der Waals surface area contributed by atoms with Gasteiger partial charge in [0.2, 0.25) is 0 Å². The highest BCUT2D eigenvalue weighted by molar-refractivity contribution is 5.69. The van der Waals surface area contributed by atoms with E-state index in [1.807, 2.05) is 6.07 Å². The van der Waals surface area contributed by atoms with Crippen LogP contribution in [0.1, 0.15) is 5.82 Å². The van der Waals surface area contributed by atoms with Crippen molar-refractivity contribution in [1.82, 2.24) is 24.5 Å². The number of pyridine rings is 1. The molecule has 0 amide bonds. The average molecular weight is 311 g/mol. The number of hydrogen-bond acceptors (Lipinski definition) is 3. The van der Waals surface area contributed by atoms with E-state index in [0.717, 1.165) is 11.6 Å². The number of benzene rings is 1. The third-order valence-electron chi connectivity index (χ3n) is 3.53. The summed E-state index contributed by atoms with van der Waals surface area (Å²) in [7, 11) is 0. The van der Waals surface area contributed by atoms with Gasteiger partial charge in [0, 0.05) is 18.6 Å². The molecule has 0 bridgehead atoms. The fraction of sp³-hybridized carbons (Fsp3) is 0.0625. The molecule has 0 spiro atoms. The molecule has 23 heavy (non-hydrogen) atoms.